The Balaban J connectivity index is 1.49. The van der Waals surface area contributed by atoms with Crippen LogP contribution in [0.2, 0.25) is 0 Å². The molecule has 1 saturated heterocycles. The van der Waals surface area contributed by atoms with Crippen LogP contribution in [-0.2, 0) is 22.3 Å². The molecular formula is C30H30F3N3O4S. The second-order valence-corrected chi connectivity index (χ2v) is 10.7. The molecule has 0 N–H and O–H groups in total. The molecule has 2 unspecified atom stereocenters. The van der Waals surface area contributed by atoms with Gasteiger partial charge in [0.25, 0.3) is 0 Å². The standard InChI is InChI=1S/C30H30F3N3O4S/c1-19(26(37)21-12-15-36(16-13-21)29(39)40-18-20-7-4-3-5-8-20)25(24-11-14-34-28(35-24)41-2)27(38)22-9-6-10-23(17-22)30(31,32)33/h3-11,14,17,19,21,25H,12-13,15-16,18H2,1-2H3. The van der Waals surface area contributed by atoms with E-state index in [4.69, 9.17) is 4.74 Å². The van der Waals surface area contributed by atoms with Gasteiger partial charge in [0.05, 0.1) is 17.2 Å². The number of alkyl halides is 3. The third-order valence-corrected chi connectivity index (χ3v) is 7.78. The van der Waals surface area contributed by atoms with Gasteiger partial charge < -0.3 is 9.64 Å². The van der Waals surface area contributed by atoms with E-state index in [0.717, 1.165) is 17.7 Å². The van der Waals surface area contributed by atoms with Crippen molar-refractivity contribution in [2.45, 2.75) is 43.6 Å². The lowest BCUT2D eigenvalue weighted by molar-refractivity contribution is -0.137. The highest BCUT2D eigenvalue weighted by Gasteiger charge is 2.39. The summed E-state index contributed by atoms with van der Waals surface area (Å²) in [6.07, 6.45) is -1.09. The van der Waals surface area contributed by atoms with Crippen LogP contribution in [-0.4, -0.2) is 51.9 Å². The number of thioether (sulfide) groups is 1. The fourth-order valence-electron chi connectivity index (χ4n) is 4.96. The molecule has 0 aliphatic carbocycles. The zero-order valence-corrected chi connectivity index (χ0v) is 23.5. The predicted molar refractivity (Wildman–Crippen MR) is 147 cm³/mol. The summed E-state index contributed by atoms with van der Waals surface area (Å²) < 4.78 is 45.5. The van der Waals surface area contributed by atoms with Gasteiger partial charge in [-0.3, -0.25) is 9.59 Å². The van der Waals surface area contributed by atoms with Crippen LogP contribution in [0.4, 0.5) is 18.0 Å². The van der Waals surface area contributed by atoms with E-state index in [2.05, 4.69) is 9.97 Å². The molecule has 2 atom stereocenters. The van der Waals surface area contributed by atoms with Gasteiger partial charge in [-0.2, -0.15) is 13.2 Å². The highest BCUT2D eigenvalue weighted by Crippen LogP contribution is 2.35. The number of amides is 1. The topological polar surface area (TPSA) is 89.5 Å². The monoisotopic (exact) mass is 585 g/mol. The number of rotatable bonds is 9. The van der Waals surface area contributed by atoms with E-state index in [-0.39, 0.29) is 23.6 Å². The van der Waals surface area contributed by atoms with E-state index < -0.39 is 41.4 Å². The van der Waals surface area contributed by atoms with Crippen molar-refractivity contribution in [1.29, 1.82) is 0 Å². The van der Waals surface area contributed by atoms with Gasteiger partial charge in [0.2, 0.25) is 0 Å². The van der Waals surface area contributed by atoms with E-state index in [1.807, 2.05) is 30.3 Å². The quantitative estimate of drug-likeness (QED) is 0.162. The third kappa shape index (κ3) is 7.52. The van der Waals surface area contributed by atoms with Crippen LogP contribution >= 0.6 is 11.8 Å². The number of benzene rings is 2. The molecule has 1 aliphatic heterocycles. The summed E-state index contributed by atoms with van der Waals surface area (Å²) in [5.41, 5.74) is 0.0463. The number of aromatic nitrogens is 2. The normalized spacial score (nSPS) is 15.7. The Morgan fingerprint density at radius 3 is 2.41 bits per heavy atom. The maximum atomic E-state index is 13.7. The van der Waals surface area contributed by atoms with E-state index in [1.54, 1.807) is 18.1 Å². The Morgan fingerprint density at radius 1 is 1.05 bits per heavy atom. The van der Waals surface area contributed by atoms with Crippen LogP contribution in [0, 0.1) is 11.8 Å². The van der Waals surface area contributed by atoms with Crippen LogP contribution in [0.3, 0.4) is 0 Å². The number of hydrogen-bond acceptors (Lipinski definition) is 7. The Labute approximate surface area is 240 Å². The summed E-state index contributed by atoms with van der Waals surface area (Å²) in [6, 6.07) is 15.0. The molecule has 4 rings (SSSR count). The summed E-state index contributed by atoms with van der Waals surface area (Å²) in [6.45, 7) is 2.38. The number of nitrogens with zero attached hydrogens (tertiary/aromatic N) is 3. The maximum absolute atomic E-state index is 13.7. The fourth-order valence-corrected chi connectivity index (χ4v) is 5.33. The largest absolute Gasteiger partial charge is 0.445 e. The van der Waals surface area contributed by atoms with E-state index >= 15 is 0 Å². The molecule has 1 aromatic heterocycles. The second-order valence-electron chi connectivity index (χ2n) is 9.88. The molecular weight excluding hydrogens is 555 g/mol. The summed E-state index contributed by atoms with van der Waals surface area (Å²) in [5.74, 6) is -3.22. The van der Waals surface area contributed by atoms with Crippen LogP contribution in [0.25, 0.3) is 0 Å². The molecule has 0 saturated carbocycles. The molecule has 1 aliphatic rings. The van der Waals surface area contributed by atoms with Crippen LogP contribution in [0.15, 0.2) is 72.0 Å². The minimum absolute atomic E-state index is 0.145. The van der Waals surface area contributed by atoms with E-state index in [1.165, 1.54) is 36.2 Å². The highest BCUT2D eigenvalue weighted by molar-refractivity contribution is 7.98. The molecule has 2 heterocycles. The van der Waals surface area contributed by atoms with Gasteiger partial charge in [0.15, 0.2) is 10.9 Å². The van der Waals surface area contributed by atoms with Crippen molar-refractivity contribution in [3.8, 4) is 0 Å². The SMILES string of the molecule is CSc1nccc(C(C(=O)c2cccc(C(F)(F)F)c2)C(C)C(=O)C2CCN(C(=O)OCc3ccccc3)CC2)n1. The number of Topliss-reactive ketones (excluding diaryl/α,β-unsaturated/α-hetero) is 2. The van der Waals surface area contributed by atoms with Crippen molar-refractivity contribution in [3.05, 3.63) is 89.2 Å². The Hall–Kier alpha value is -3.73. The summed E-state index contributed by atoms with van der Waals surface area (Å²) in [7, 11) is 0. The molecule has 0 spiro atoms. The van der Waals surface area contributed by atoms with Crippen molar-refractivity contribution < 1.29 is 32.3 Å². The molecule has 41 heavy (non-hydrogen) atoms. The summed E-state index contributed by atoms with van der Waals surface area (Å²) >= 11 is 1.25. The number of carbonyl (C=O) groups excluding carboxylic acids is 3. The number of halogens is 3. The second kappa shape index (κ2) is 13.3. The number of likely N-dealkylation sites (tertiary alicyclic amines) is 1. The number of ether oxygens (including phenoxy) is 1. The first-order chi connectivity index (χ1) is 19.6. The minimum Gasteiger partial charge on any atom is -0.445 e. The third-order valence-electron chi connectivity index (χ3n) is 7.22. The van der Waals surface area contributed by atoms with Crippen molar-refractivity contribution in [2.75, 3.05) is 19.3 Å². The average Bonchev–Trinajstić information content (AvgIpc) is 2.99. The van der Waals surface area contributed by atoms with Gasteiger partial charge in [0.1, 0.15) is 12.4 Å². The molecule has 3 aromatic rings. The van der Waals surface area contributed by atoms with Crippen molar-refractivity contribution in [3.63, 3.8) is 0 Å². The Morgan fingerprint density at radius 2 is 1.76 bits per heavy atom. The fraction of sp³-hybridized carbons (Fsp3) is 0.367. The lowest BCUT2D eigenvalue weighted by Gasteiger charge is -2.33. The number of ketones is 2. The van der Waals surface area contributed by atoms with Gasteiger partial charge in [0, 0.05) is 36.7 Å². The molecule has 0 bridgehead atoms. The molecule has 1 fully saturated rings. The smallest absolute Gasteiger partial charge is 0.416 e. The van der Waals surface area contributed by atoms with Crippen LogP contribution in [0.1, 0.15) is 52.9 Å². The zero-order valence-electron chi connectivity index (χ0n) is 22.6. The minimum atomic E-state index is -4.62. The first-order valence-corrected chi connectivity index (χ1v) is 14.4. The zero-order chi connectivity index (χ0) is 29.6. The number of hydrogen-bond donors (Lipinski definition) is 0. The molecule has 2 aromatic carbocycles. The lowest BCUT2D eigenvalue weighted by atomic mass is 9.76. The van der Waals surface area contributed by atoms with Gasteiger partial charge in [-0.25, -0.2) is 14.8 Å². The van der Waals surface area contributed by atoms with Crippen molar-refractivity contribution in [2.24, 2.45) is 11.8 Å². The van der Waals surface area contributed by atoms with Crippen molar-refractivity contribution >= 4 is 29.4 Å². The van der Waals surface area contributed by atoms with Crippen molar-refractivity contribution in [1.82, 2.24) is 14.9 Å². The maximum Gasteiger partial charge on any atom is 0.416 e. The van der Waals surface area contributed by atoms with Gasteiger partial charge >= 0.3 is 12.3 Å². The van der Waals surface area contributed by atoms with Gasteiger partial charge in [-0.1, -0.05) is 61.2 Å². The van der Waals surface area contributed by atoms with Crippen LogP contribution < -0.4 is 0 Å². The lowest BCUT2D eigenvalue weighted by Crippen LogP contribution is -2.42. The molecule has 0 radical (unpaired) electrons. The van der Waals surface area contributed by atoms with E-state index in [9.17, 15) is 27.6 Å². The first-order valence-electron chi connectivity index (χ1n) is 13.2. The molecule has 1 amide bonds. The number of piperidine rings is 1. The average molecular weight is 586 g/mol. The van der Waals surface area contributed by atoms with Gasteiger partial charge in [-0.05, 0) is 42.9 Å². The Kier molecular flexibility index (Phi) is 9.80. The molecule has 216 valence electrons. The molecule has 7 nitrogen and oxygen atoms in total. The Bertz CT molecular complexity index is 1380. The summed E-state index contributed by atoms with van der Waals surface area (Å²) in [5, 5.41) is 0.381. The predicted octanol–water partition coefficient (Wildman–Crippen LogP) is 6.44. The number of carbonyl (C=O) groups is 3. The first kappa shape index (κ1) is 30.2. The van der Waals surface area contributed by atoms with Gasteiger partial charge in [-0.15, -0.1) is 0 Å². The summed E-state index contributed by atoms with van der Waals surface area (Å²) in [4.78, 5) is 50.1. The molecule has 11 heteroatoms. The van der Waals surface area contributed by atoms with Crippen LogP contribution in [0.5, 0.6) is 0 Å². The highest BCUT2D eigenvalue weighted by atomic mass is 32.2. The van der Waals surface area contributed by atoms with E-state index in [0.29, 0.717) is 31.1 Å².